The minimum atomic E-state index is 0.672. The molecule has 2 aromatic heterocycles. The molecule has 0 atom stereocenters. The summed E-state index contributed by atoms with van der Waals surface area (Å²) in [4.78, 5) is 13.7. The Kier molecular flexibility index (Phi) is 4.83. The monoisotopic (exact) mass is 341 g/mol. The molecule has 0 aromatic carbocycles. The molecule has 2 aromatic rings. The zero-order chi connectivity index (χ0) is 17.1. The van der Waals surface area contributed by atoms with Crippen LogP contribution in [0.15, 0.2) is 18.3 Å². The van der Waals surface area contributed by atoms with Gasteiger partial charge >= 0.3 is 0 Å². The maximum atomic E-state index is 4.62. The molecular weight excluding hydrogens is 314 g/mol. The second-order valence-electron chi connectivity index (χ2n) is 7.17. The van der Waals surface area contributed by atoms with Gasteiger partial charge in [-0.05, 0) is 57.8 Å². The van der Waals surface area contributed by atoms with Gasteiger partial charge in [-0.15, -0.1) is 0 Å². The fraction of sp³-hybridized carbons (Fsp3) is 0.611. The minimum absolute atomic E-state index is 0.672. The van der Waals surface area contributed by atoms with E-state index >= 15 is 0 Å². The van der Waals surface area contributed by atoms with Crippen LogP contribution in [0, 0.1) is 0 Å². The van der Waals surface area contributed by atoms with Crippen molar-refractivity contribution < 1.29 is 0 Å². The molecule has 1 aliphatic carbocycles. The summed E-state index contributed by atoms with van der Waals surface area (Å²) in [5, 5.41) is 10.7. The number of nitrogens with zero attached hydrogens (tertiary/aromatic N) is 5. The Morgan fingerprint density at radius 3 is 2.92 bits per heavy atom. The van der Waals surface area contributed by atoms with Crippen molar-refractivity contribution in [2.24, 2.45) is 0 Å². The van der Waals surface area contributed by atoms with E-state index in [1.54, 1.807) is 6.20 Å². The highest BCUT2D eigenvalue weighted by Gasteiger charge is 2.25. The molecular formula is C18H27N7. The number of H-pyrrole nitrogens is 1. The van der Waals surface area contributed by atoms with Crippen LogP contribution >= 0.6 is 0 Å². The van der Waals surface area contributed by atoms with Crippen LogP contribution in [0.25, 0.3) is 0 Å². The van der Waals surface area contributed by atoms with Gasteiger partial charge in [0, 0.05) is 37.5 Å². The molecule has 134 valence electrons. The Morgan fingerprint density at radius 1 is 1.28 bits per heavy atom. The first-order valence-corrected chi connectivity index (χ1v) is 9.37. The fourth-order valence-electron chi connectivity index (χ4n) is 3.38. The van der Waals surface area contributed by atoms with Crippen LogP contribution in [-0.2, 0) is 0 Å². The zero-order valence-corrected chi connectivity index (χ0v) is 14.9. The highest BCUT2D eigenvalue weighted by atomic mass is 15.3. The smallest absolute Gasteiger partial charge is 0.227 e. The van der Waals surface area contributed by atoms with E-state index in [1.165, 1.54) is 51.0 Å². The molecule has 2 N–H and O–H groups in total. The van der Waals surface area contributed by atoms with Gasteiger partial charge in [-0.1, -0.05) is 0 Å². The van der Waals surface area contributed by atoms with Crippen molar-refractivity contribution in [2.45, 2.75) is 38.0 Å². The third-order valence-electron chi connectivity index (χ3n) is 5.02. The predicted molar refractivity (Wildman–Crippen MR) is 99.4 cm³/mol. The van der Waals surface area contributed by atoms with Crippen LogP contribution in [0.3, 0.4) is 0 Å². The summed E-state index contributed by atoms with van der Waals surface area (Å²) >= 11 is 0. The number of likely N-dealkylation sites (tertiary alicyclic amines) is 1. The van der Waals surface area contributed by atoms with Gasteiger partial charge in [-0.3, -0.25) is 5.10 Å². The van der Waals surface area contributed by atoms with Crippen LogP contribution in [-0.4, -0.2) is 58.3 Å². The van der Waals surface area contributed by atoms with E-state index < -0.39 is 0 Å². The predicted octanol–water partition coefficient (Wildman–Crippen LogP) is 2.74. The van der Waals surface area contributed by atoms with E-state index in [-0.39, 0.29) is 0 Å². The number of aromatic nitrogens is 4. The molecule has 2 aliphatic rings. The quantitative estimate of drug-likeness (QED) is 0.769. The molecule has 1 aliphatic heterocycles. The lowest BCUT2D eigenvalue weighted by atomic mass is 10.3. The maximum absolute atomic E-state index is 4.62. The summed E-state index contributed by atoms with van der Waals surface area (Å²) in [6, 6.07) is 3.96. The van der Waals surface area contributed by atoms with E-state index in [2.05, 4.69) is 48.4 Å². The minimum Gasteiger partial charge on any atom is -0.344 e. The number of nitrogens with one attached hydrogen (secondary N) is 2. The molecule has 1 saturated carbocycles. The fourth-order valence-corrected chi connectivity index (χ4v) is 3.38. The molecule has 4 rings (SSSR count). The molecule has 0 bridgehead atoms. The highest BCUT2D eigenvalue weighted by molar-refractivity contribution is 5.53. The molecule has 7 nitrogen and oxygen atoms in total. The summed E-state index contributed by atoms with van der Waals surface area (Å²) in [7, 11) is 2.06. The van der Waals surface area contributed by atoms with Gasteiger partial charge in [0.2, 0.25) is 5.95 Å². The lowest BCUT2D eigenvalue weighted by Crippen LogP contribution is -2.27. The van der Waals surface area contributed by atoms with Crippen molar-refractivity contribution >= 4 is 17.6 Å². The number of hydrogen-bond donors (Lipinski definition) is 2. The summed E-state index contributed by atoms with van der Waals surface area (Å²) in [5.41, 5.74) is 1.22. The Balaban J connectivity index is 1.31. The number of anilines is 3. The largest absolute Gasteiger partial charge is 0.344 e. The summed E-state index contributed by atoms with van der Waals surface area (Å²) < 4.78 is 0. The Labute approximate surface area is 148 Å². The Morgan fingerprint density at radius 2 is 2.12 bits per heavy atom. The van der Waals surface area contributed by atoms with Crippen LogP contribution < -0.4 is 10.2 Å². The molecule has 0 amide bonds. The highest BCUT2D eigenvalue weighted by Crippen LogP contribution is 2.39. The average Bonchev–Trinajstić information content (AvgIpc) is 3.14. The normalized spacial score (nSPS) is 17.8. The summed E-state index contributed by atoms with van der Waals surface area (Å²) in [6.45, 7) is 4.64. The van der Waals surface area contributed by atoms with Crippen LogP contribution in [0.4, 0.5) is 17.6 Å². The topological polar surface area (TPSA) is 73.0 Å². The SMILES string of the molecule is CN(CCCN1CCCC1)c1nccc(Nc2cc(C3CC3)[nH]n2)n1. The van der Waals surface area contributed by atoms with Crippen LogP contribution in [0.5, 0.6) is 0 Å². The Hall–Kier alpha value is -2.15. The van der Waals surface area contributed by atoms with Gasteiger partial charge in [0.25, 0.3) is 0 Å². The molecule has 3 heterocycles. The maximum Gasteiger partial charge on any atom is 0.227 e. The van der Waals surface area contributed by atoms with Gasteiger partial charge in [-0.2, -0.15) is 10.1 Å². The second kappa shape index (κ2) is 7.39. The van der Waals surface area contributed by atoms with E-state index in [1.807, 2.05) is 6.07 Å². The first kappa shape index (κ1) is 16.3. The van der Waals surface area contributed by atoms with Crippen molar-refractivity contribution in [1.29, 1.82) is 0 Å². The molecule has 0 unspecified atom stereocenters. The van der Waals surface area contributed by atoms with Crippen molar-refractivity contribution in [3.05, 3.63) is 24.0 Å². The third-order valence-corrected chi connectivity index (χ3v) is 5.02. The summed E-state index contributed by atoms with van der Waals surface area (Å²) in [5.74, 6) is 3.03. The molecule has 1 saturated heterocycles. The van der Waals surface area contributed by atoms with E-state index in [4.69, 9.17) is 0 Å². The molecule has 2 fully saturated rings. The van der Waals surface area contributed by atoms with Gasteiger partial charge < -0.3 is 15.1 Å². The van der Waals surface area contributed by atoms with Crippen molar-refractivity contribution in [3.8, 4) is 0 Å². The molecule has 7 heteroatoms. The molecule has 0 radical (unpaired) electrons. The average molecular weight is 341 g/mol. The van der Waals surface area contributed by atoms with E-state index in [0.29, 0.717) is 5.92 Å². The number of hydrogen-bond acceptors (Lipinski definition) is 6. The van der Waals surface area contributed by atoms with Gasteiger partial charge in [0.05, 0.1) is 0 Å². The molecule has 0 spiro atoms. The first-order chi connectivity index (χ1) is 12.3. The lowest BCUT2D eigenvalue weighted by molar-refractivity contribution is 0.335. The van der Waals surface area contributed by atoms with E-state index in [9.17, 15) is 0 Å². The second-order valence-corrected chi connectivity index (χ2v) is 7.17. The number of aromatic amines is 1. The van der Waals surface area contributed by atoms with Crippen LogP contribution in [0.1, 0.15) is 43.7 Å². The van der Waals surface area contributed by atoms with Gasteiger partial charge in [-0.25, -0.2) is 4.98 Å². The zero-order valence-electron chi connectivity index (χ0n) is 14.9. The first-order valence-electron chi connectivity index (χ1n) is 9.37. The third kappa shape index (κ3) is 4.28. The van der Waals surface area contributed by atoms with Gasteiger partial charge in [0.1, 0.15) is 5.82 Å². The van der Waals surface area contributed by atoms with Crippen molar-refractivity contribution in [1.82, 2.24) is 25.1 Å². The van der Waals surface area contributed by atoms with Crippen molar-refractivity contribution in [2.75, 3.05) is 43.4 Å². The molecule has 25 heavy (non-hydrogen) atoms. The lowest BCUT2D eigenvalue weighted by Gasteiger charge is -2.20. The van der Waals surface area contributed by atoms with Crippen molar-refractivity contribution in [3.63, 3.8) is 0 Å². The Bertz CT molecular complexity index is 688. The standard InChI is InChI=1S/C18H27N7/c1-24(9-4-12-25-10-2-3-11-25)18-19-8-7-16(21-18)20-17-13-15(22-23-17)14-5-6-14/h7-8,13-14H,2-6,9-12H2,1H3,(H2,19,20,21,22,23). The van der Waals surface area contributed by atoms with Crippen LogP contribution in [0.2, 0.25) is 0 Å². The summed E-state index contributed by atoms with van der Waals surface area (Å²) in [6.07, 6.45) is 8.17. The number of rotatable bonds is 8. The van der Waals surface area contributed by atoms with Gasteiger partial charge in [0.15, 0.2) is 5.82 Å². The van der Waals surface area contributed by atoms with E-state index in [0.717, 1.165) is 30.5 Å².